The molecule has 134 valence electrons. The Morgan fingerprint density at radius 3 is 2.65 bits per heavy atom. The van der Waals surface area contributed by atoms with Gasteiger partial charge in [0.1, 0.15) is 11.4 Å². The van der Waals surface area contributed by atoms with Crippen molar-refractivity contribution >= 4 is 34.4 Å². The van der Waals surface area contributed by atoms with Crippen molar-refractivity contribution in [2.24, 2.45) is 0 Å². The van der Waals surface area contributed by atoms with E-state index in [4.69, 9.17) is 20.8 Å². The fourth-order valence-corrected chi connectivity index (χ4v) is 2.61. The van der Waals surface area contributed by atoms with Crippen LogP contribution in [0.2, 0.25) is 5.02 Å². The molecule has 0 atom stereocenters. The van der Waals surface area contributed by atoms with Crippen molar-refractivity contribution in [2.45, 2.75) is 13.5 Å². The summed E-state index contributed by atoms with van der Waals surface area (Å²) in [5.74, 6) is -1.52. The maximum Gasteiger partial charge on any atom is 0.375 e. The monoisotopic (exact) mass is 375 g/mol. The van der Waals surface area contributed by atoms with E-state index in [-0.39, 0.29) is 18.1 Å². The summed E-state index contributed by atoms with van der Waals surface area (Å²) in [6.45, 7) is 1.48. The summed E-state index contributed by atoms with van der Waals surface area (Å²) in [6.07, 6.45) is 0. The van der Waals surface area contributed by atoms with Gasteiger partial charge in [0.05, 0.1) is 0 Å². The summed E-state index contributed by atoms with van der Waals surface area (Å²) in [5.41, 5.74) is 1.84. The lowest BCUT2D eigenvalue weighted by molar-refractivity contribution is -0.124. The Kier molecular flexibility index (Phi) is 5.23. The maximum atomic E-state index is 12.8. The second-order valence-electron chi connectivity index (χ2n) is 5.68. The number of hydrogen-bond donors (Lipinski definition) is 1. The van der Waals surface area contributed by atoms with Crippen LogP contribution in [0.3, 0.4) is 0 Å². The SMILES string of the molecule is Cc1c(C(=O)OCC(=O)NCc2ccc(F)cc2)oc2ccc(Cl)cc12. The smallest absolute Gasteiger partial charge is 0.375 e. The lowest BCUT2D eigenvalue weighted by Crippen LogP contribution is -2.28. The molecule has 3 aromatic rings. The van der Waals surface area contributed by atoms with Crippen molar-refractivity contribution in [3.63, 3.8) is 0 Å². The number of fused-ring (bicyclic) bond motifs is 1. The minimum Gasteiger partial charge on any atom is -0.450 e. The molecule has 7 heteroatoms. The van der Waals surface area contributed by atoms with E-state index in [0.29, 0.717) is 21.6 Å². The normalized spacial score (nSPS) is 10.7. The fourth-order valence-electron chi connectivity index (χ4n) is 2.44. The molecule has 2 aromatic carbocycles. The number of benzene rings is 2. The summed E-state index contributed by atoms with van der Waals surface area (Å²) in [6, 6.07) is 10.7. The molecule has 1 amide bonds. The van der Waals surface area contributed by atoms with Crippen LogP contribution in [0.5, 0.6) is 0 Å². The van der Waals surface area contributed by atoms with E-state index < -0.39 is 18.5 Å². The summed E-state index contributed by atoms with van der Waals surface area (Å²) >= 11 is 5.94. The number of aryl methyl sites for hydroxylation is 1. The third kappa shape index (κ3) is 4.03. The molecule has 1 N–H and O–H groups in total. The first-order valence-electron chi connectivity index (χ1n) is 7.81. The average Bonchev–Trinajstić information content (AvgIpc) is 2.95. The Hall–Kier alpha value is -2.86. The van der Waals surface area contributed by atoms with Crippen LogP contribution < -0.4 is 5.32 Å². The van der Waals surface area contributed by atoms with Crippen LogP contribution in [-0.4, -0.2) is 18.5 Å². The molecule has 0 saturated carbocycles. The minimum atomic E-state index is -0.730. The third-order valence-corrected chi connectivity index (χ3v) is 4.06. The molecule has 0 saturated heterocycles. The molecule has 5 nitrogen and oxygen atoms in total. The quantitative estimate of drug-likeness (QED) is 0.684. The number of furan rings is 1. The number of halogens is 2. The van der Waals surface area contributed by atoms with Gasteiger partial charge in [0, 0.05) is 22.5 Å². The predicted octanol–water partition coefficient (Wildman–Crippen LogP) is 4.01. The van der Waals surface area contributed by atoms with Gasteiger partial charge in [-0.3, -0.25) is 4.79 Å². The summed E-state index contributed by atoms with van der Waals surface area (Å²) < 4.78 is 23.3. The molecule has 1 aromatic heterocycles. The molecule has 3 rings (SSSR count). The van der Waals surface area contributed by atoms with E-state index in [1.54, 1.807) is 37.3 Å². The predicted molar refractivity (Wildman–Crippen MR) is 94.5 cm³/mol. The van der Waals surface area contributed by atoms with Crippen molar-refractivity contribution in [2.75, 3.05) is 6.61 Å². The van der Waals surface area contributed by atoms with Gasteiger partial charge >= 0.3 is 5.97 Å². The molecule has 0 aliphatic rings. The standard InChI is InChI=1S/C19H15ClFNO4/c1-11-15-8-13(20)4-7-16(15)26-18(11)19(24)25-10-17(23)22-9-12-2-5-14(21)6-3-12/h2-8H,9-10H2,1H3,(H,22,23). The molecule has 0 radical (unpaired) electrons. The largest absolute Gasteiger partial charge is 0.450 e. The lowest BCUT2D eigenvalue weighted by Gasteiger charge is -2.06. The maximum absolute atomic E-state index is 12.8. The lowest BCUT2D eigenvalue weighted by atomic mass is 10.1. The Morgan fingerprint density at radius 1 is 1.19 bits per heavy atom. The third-order valence-electron chi connectivity index (χ3n) is 3.82. The molecule has 0 spiro atoms. The fraction of sp³-hybridized carbons (Fsp3) is 0.158. The Balaban J connectivity index is 1.57. The van der Waals surface area contributed by atoms with Crippen molar-refractivity contribution in [1.82, 2.24) is 5.32 Å². The van der Waals surface area contributed by atoms with Gasteiger partial charge in [-0.25, -0.2) is 9.18 Å². The molecule has 0 aliphatic carbocycles. The first kappa shape index (κ1) is 17.9. The van der Waals surface area contributed by atoms with Gasteiger partial charge < -0.3 is 14.5 Å². The van der Waals surface area contributed by atoms with Gasteiger partial charge in [-0.15, -0.1) is 0 Å². The van der Waals surface area contributed by atoms with Gasteiger partial charge in [0.15, 0.2) is 6.61 Å². The van der Waals surface area contributed by atoms with E-state index in [2.05, 4.69) is 5.32 Å². The molecule has 0 bridgehead atoms. The van der Waals surface area contributed by atoms with E-state index in [1.807, 2.05) is 0 Å². The van der Waals surface area contributed by atoms with Gasteiger partial charge in [0.25, 0.3) is 5.91 Å². The molecular formula is C19H15ClFNO4. The van der Waals surface area contributed by atoms with E-state index >= 15 is 0 Å². The number of rotatable bonds is 5. The highest BCUT2D eigenvalue weighted by molar-refractivity contribution is 6.31. The highest BCUT2D eigenvalue weighted by Gasteiger charge is 2.20. The number of hydrogen-bond acceptors (Lipinski definition) is 4. The second kappa shape index (κ2) is 7.58. The Morgan fingerprint density at radius 2 is 1.92 bits per heavy atom. The highest BCUT2D eigenvalue weighted by Crippen LogP contribution is 2.28. The molecule has 0 aliphatic heterocycles. The first-order chi connectivity index (χ1) is 12.4. The van der Waals surface area contributed by atoms with Crippen LogP contribution in [0.1, 0.15) is 21.7 Å². The minimum absolute atomic E-state index is 0.0357. The van der Waals surface area contributed by atoms with Crippen molar-refractivity contribution < 1.29 is 23.1 Å². The number of esters is 1. The zero-order chi connectivity index (χ0) is 18.7. The van der Waals surface area contributed by atoms with Crippen molar-refractivity contribution in [3.8, 4) is 0 Å². The summed E-state index contributed by atoms with van der Waals surface area (Å²) in [4.78, 5) is 24.0. The highest BCUT2D eigenvalue weighted by atomic mass is 35.5. The number of nitrogens with one attached hydrogen (secondary N) is 1. The number of amides is 1. The van der Waals surface area contributed by atoms with Crippen LogP contribution in [0, 0.1) is 12.7 Å². The zero-order valence-corrected chi connectivity index (χ0v) is 14.6. The van der Waals surface area contributed by atoms with Gasteiger partial charge in [-0.1, -0.05) is 23.7 Å². The molecule has 0 unspecified atom stereocenters. The Labute approximate surface area is 153 Å². The van der Waals surface area contributed by atoms with E-state index in [1.165, 1.54) is 12.1 Å². The van der Waals surface area contributed by atoms with Crippen molar-refractivity contribution in [3.05, 3.63) is 70.2 Å². The van der Waals surface area contributed by atoms with Crippen LogP contribution in [0.15, 0.2) is 46.9 Å². The van der Waals surface area contributed by atoms with Crippen LogP contribution >= 0.6 is 11.6 Å². The number of carbonyl (C=O) groups is 2. The van der Waals surface area contributed by atoms with Gasteiger partial charge in [-0.05, 0) is 42.8 Å². The Bertz CT molecular complexity index is 966. The molecule has 0 fully saturated rings. The number of carbonyl (C=O) groups excluding carboxylic acids is 2. The topological polar surface area (TPSA) is 68.5 Å². The summed E-state index contributed by atoms with van der Waals surface area (Å²) in [5, 5.41) is 3.83. The van der Waals surface area contributed by atoms with E-state index in [0.717, 1.165) is 5.56 Å². The first-order valence-corrected chi connectivity index (χ1v) is 8.19. The molecule has 1 heterocycles. The molecular weight excluding hydrogens is 361 g/mol. The van der Waals surface area contributed by atoms with Crippen molar-refractivity contribution in [1.29, 1.82) is 0 Å². The average molecular weight is 376 g/mol. The molecule has 26 heavy (non-hydrogen) atoms. The summed E-state index contributed by atoms with van der Waals surface area (Å²) in [7, 11) is 0. The zero-order valence-electron chi connectivity index (χ0n) is 13.8. The van der Waals surface area contributed by atoms with Crippen LogP contribution in [0.25, 0.3) is 11.0 Å². The van der Waals surface area contributed by atoms with Gasteiger partial charge in [0.2, 0.25) is 5.76 Å². The van der Waals surface area contributed by atoms with Crippen LogP contribution in [-0.2, 0) is 16.1 Å². The van der Waals surface area contributed by atoms with Crippen LogP contribution in [0.4, 0.5) is 4.39 Å². The van der Waals surface area contributed by atoms with E-state index in [9.17, 15) is 14.0 Å². The second-order valence-corrected chi connectivity index (χ2v) is 6.11. The number of ether oxygens (including phenoxy) is 1. The van der Waals surface area contributed by atoms with Gasteiger partial charge in [-0.2, -0.15) is 0 Å².